The van der Waals surface area contributed by atoms with Gasteiger partial charge in [-0.3, -0.25) is 0 Å². The molecule has 4 nitrogen and oxygen atoms in total. The molecule has 2 aromatic heterocycles. The van der Waals surface area contributed by atoms with E-state index in [9.17, 15) is 0 Å². The van der Waals surface area contributed by atoms with Crippen molar-refractivity contribution in [3.05, 3.63) is 30.1 Å². The SMILES string of the molecule is Cc1cc(-c2cccn2COCC[Si](C)(C)C)on1. The van der Waals surface area contributed by atoms with Crippen molar-refractivity contribution in [1.82, 2.24) is 9.72 Å². The Balaban J connectivity index is 1.93. The van der Waals surface area contributed by atoms with Crippen LogP contribution in [0.5, 0.6) is 0 Å². The first kappa shape index (κ1) is 14.1. The van der Waals surface area contributed by atoms with Crippen LogP contribution in [0.25, 0.3) is 11.5 Å². The summed E-state index contributed by atoms with van der Waals surface area (Å²) in [6, 6.07) is 7.13. The lowest BCUT2D eigenvalue weighted by atomic mass is 10.3. The second kappa shape index (κ2) is 5.75. The largest absolute Gasteiger partial charge is 0.361 e. The summed E-state index contributed by atoms with van der Waals surface area (Å²) in [6.45, 7) is 10.4. The van der Waals surface area contributed by atoms with Crippen LogP contribution in [-0.4, -0.2) is 24.4 Å². The minimum absolute atomic E-state index is 0.562. The van der Waals surface area contributed by atoms with Crippen molar-refractivity contribution in [2.45, 2.75) is 39.3 Å². The van der Waals surface area contributed by atoms with Gasteiger partial charge >= 0.3 is 0 Å². The third-order valence-electron chi connectivity index (χ3n) is 2.94. The zero-order valence-electron chi connectivity index (χ0n) is 12.1. The highest BCUT2D eigenvalue weighted by atomic mass is 28.3. The third kappa shape index (κ3) is 4.07. The predicted molar refractivity (Wildman–Crippen MR) is 78.8 cm³/mol. The van der Waals surface area contributed by atoms with Crippen LogP contribution in [0.15, 0.2) is 28.9 Å². The third-order valence-corrected chi connectivity index (χ3v) is 4.64. The van der Waals surface area contributed by atoms with Crippen LogP contribution in [0.1, 0.15) is 5.69 Å². The van der Waals surface area contributed by atoms with Gasteiger partial charge in [-0.05, 0) is 25.1 Å². The standard InChI is InChI=1S/C14H22N2O2Si/c1-12-10-14(18-15-12)13-6-5-7-16(13)11-17-8-9-19(2,3)4/h5-7,10H,8-9,11H2,1-4H3. The van der Waals surface area contributed by atoms with Gasteiger partial charge < -0.3 is 13.8 Å². The summed E-state index contributed by atoms with van der Waals surface area (Å²) in [7, 11) is -1.02. The first-order valence-corrected chi connectivity index (χ1v) is 10.3. The molecule has 0 amide bonds. The summed E-state index contributed by atoms with van der Waals surface area (Å²) in [5, 5.41) is 3.92. The molecule has 0 aliphatic heterocycles. The lowest BCUT2D eigenvalue weighted by Gasteiger charge is -2.16. The molecule has 0 spiro atoms. The Morgan fingerprint density at radius 3 is 2.79 bits per heavy atom. The molecule has 19 heavy (non-hydrogen) atoms. The van der Waals surface area contributed by atoms with E-state index in [1.54, 1.807) is 0 Å². The second-order valence-electron chi connectivity index (χ2n) is 6.04. The smallest absolute Gasteiger partial charge is 0.183 e. The van der Waals surface area contributed by atoms with Crippen LogP contribution < -0.4 is 0 Å². The minimum Gasteiger partial charge on any atom is -0.361 e. The fraction of sp³-hybridized carbons (Fsp3) is 0.500. The molecule has 2 aromatic rings. The van der Waals surface area contributed by atoms with Crippen molar-refractivity contribution in [3.8, 4) is 11.5 Å². The van der Waals surface area contributed by atoms with Gasteiger partial charge in [0.2, 0.25) is 0 Å². The van der Waals surface area contributed by atoms with Crippen LogP contribution in [0.3, 0.4) is 0 Å². The number of hydrogen-bond donors (Lipinski definition) is 0. The zero-order valence-corrected chi connectivity index (χ0v) is 13.1. The molecule has 0 aliphatic carbocycles. The van der Waals surface area contributed by atoms with Gasteiger partial charge in [0, 0.05) is 26.9 Å². The lowest BCUT2D eigenvalue weighted by Crippen LogP contribution is -2.22. The molecular weight excluding hydrogens is 256 g/mol. The Kier molecular flexibility index (Phi) is 4.26. The predicted octanol–water partition coefficient (Wildman–Crippen LogP) is 3.76. The summed E-state index contributed by atoms with van der Waals surface area (Å²) < 4.78 is 13.1. The average molecular weight is 278 g/mol. The van der Waals surface area contributed by atoms with E-state index >= 15 is 0 Å². The minimum atomic E-state index is -1.02. The average Bonchev–Trinajstić information content (AvgIpc) is 2.91. The Morgan fingerprint density at radius 1 is 1.37 bits per heavy atom. The van der Waals surface area contributed by atoms with Crippen molar-refractivity contribution in [3.63, 3.8) is 0 Å². The molecule has 0 atom stereocenters. The number of aryl methyl sites for hydroxylation is 1. The van der Waals surface area contributed by atoms with E-state index in [1.807, 2.05) is 35.9 Å². The topological polar surface area (TPSA) is 40.2 Å². The van der Waals surface area contributed by atoms with E-state index in [0.717, 1.165) is 23.8 Å². The van der Waals surface area contributed by atoms with Crippen LogP contribution in [0.4, 0.5) is 0 Å². The zero-order chi connectivity index (χ0) is 13.9. The number of hydrogen-bond acceptors (Lipinski definition) is 3. The van der Waals surface area contributed by atoms with Crippen molar-refractivity contribution >= 4 is 8.07 Å². The molecular formula is C14H22N2O2Si. The highest BCUT2D eigenvalue weighted by Gasteiger charge is 2.13. The molecule has 0 aliphatic rings. The summed E-state index contributed by atoms with van der Waals surface area (Å²) in [5.74, 6) is 0.788. The molecule has 0 N–H and O–H groups in total. The molecule has 0 saturated heterocycles. The maximum atomic E-state index is 5.76. The number of ether oxygens (including phenoxy) is 1. The Labute approximate surface area is 115 Å². The summed E-state index contributed by atoms with van der Waals surface area (Å²) in [5.41, 5.74) is 1.90. The molecule has 0 unspecified atom stereocenters. The van der Waals surface area contributed by atoms with E-state index in [1.165, 1.54) is 6.04 Å². The van der Waals surface area contributed by atoms with Gasteiger partial charge in [0.1, 0.15) is 6.73 Å². The van der Waals surface area contributed by atoms with Crippen LogP contribution in [0.2, 0.25) is 25.7 Å². The molecule has 0 saturated carbocycles. The fourth-order valence-corrected chi connectivity index (χ4v) is 2.53. The van der Waals surface area contributed by atoms with Crippen molar-refractivity contribution in [1.29, 1.82) is 0 Å². The number of aromatic nitrogens is 2. The quantitative estimate of drug-likeness (QED) is 0.596. The van der Waals surface area contributed by atoms with Gasteiger partial charge in [0.05, 0.1) is 11.4 Å². The molecule has 0 radical (unpaired) electrons. The molecule has 2 heterocycles. The maximum Gasteiger partial charge on any atom is 0.183 e. The van der Waals surface area contributed by atoms with E-state index in [0.29, 0.717) is 6.73 Å². The fourth-order valence-electron chi connectivity index (χ4n) is 1.78. The van der Waals surface area contributed by atoms with Gasteiger partial charge in [0.25, 0.3) is 0 Å². The summed E-state index contributed by atoms with van der Waals surface area (Å²) >= 11 is 0. The maximum absolute atomic E-state index is 5.76. The Hall–Kier alpha value is -1.33. The molecule has 2 rings (SSSR count). The molecule has 5 heteroatoms. The van der Waals surface area contributed by atoms with Gasteiger partial charge in [-0.25, -0.2) is 0 Å². The molecule has 0 bridgehead atoms. The first-order valence-electron chi connectivity index (χ1n) is 6.62. The number of nitrogens with zero attached hydrogens (tertiary/aromatic N) is 2. The van der Waals surface area contributed by atoms with E-state index in [4.69, 9.17) is 9.26 Å². The number of rotatable bonds is 6. The molecule has 104 valence electrons. The van der Waals surface area contributed by atoms with E-state index in [-0.39, 0.29) is 0 Å². The molecule has 0 fully saturated rings. The van der Waals surface area contributed by atoms with Crippen LogP contribution in [0, 0.1) is 6.92 Å². The Morgan fingerprint density at radius 2 is 2.16 bits per heavy atom. The highest BCUT2D eigenvalue weighted by Crippen LogP contribution is 2.21. The second-order valence-corrected chi connectivity index (χ2v) is 11.7. The van der Waals surface area contributed by atoms with Gasteiger partial charge in [-0.15, -0.1) is 0 Å². The van der Waals surface area contributed by atoms with Crippen LogP contribution in [-0.2, 0) is 11.5 Å². The van der Waals surface area contributed by atoms with Crippen molar-refractivity contribution < 1.29 is 9.26 Å². The monoisotopic (exact) mass is 278 g/mol. The van der Waals surface area contributed by atoms with Crippen molar-refractivity contribution in [2.75, 3.05) is 6.61 Å². The highest BCUT2D eigenvalue weighted by molar-refractivity contribution is 6.76. The van der Waals surface area contributed by atoms with E-state index in [2.05, 4.69) is 24.8 Å². The van der Waals surface area contributed by atoms with Crippen molar-refractivity contribution in [2.24, 2.45) is 0 Å². The summed E-state index contributed by atoms with van der Waals surface area (Å²) in [4.78, 5) is 0. The molecule has 0 aromatic carbocycles. The van der Waals surface area contributed by atoms with E-state index < -0.39 is 8.07 Å². The van der Waals surface area contributed by atoms with Gasteiger partial charge in [-0.2, -0.15) is 0 Å². The summed E-state index contributed by atoms with van der Waals surface area (Å²) in [6.07, 6.45) is 2.00. The Bertz CT molecular complexity index is 526. The first-order chi connectivity index (χ1) is 8.96. The van der Waals surface area contributed by atoms with Gasteiger partial charge in [-0.1, -0.05) is 24.8 Å². The lowest BCUT2D eigenvalue weighted by molar-refractivity contribution is 0.0882. The normalized spacial score (nSPS) is 12.0. The van der Waals surface area contributed by atoms with Gasteiger partial charge in [0.15, 0.2) is 5.76 Å². The van der Waals surface area contributed by atoms with Crippen LogP contribution >= 0.6 is 0 Å².